The molecule has 0 unspecified atom stereocenters. The van der Waals surface area contributed by atoms with Gasteiger partial charge in [0.15, 0.2) is 9.84 Å². The van der Waals surface area contributed by atoms with E-state index in [-0.39, 0.29) is 22.8 Å². The summed E-state index contributed by atoms with van der Waals surface area (Å²) in [5, 5.41) is 21.6. The zero-order chi connectivity index (χ0) is 14.2. The van der Waals surface area contributed by atoms with Crippen LogP contribution in [0.1, 0.15) is 15.9 Å². The lowest BCUT2D eigenvalue weighted by Gasteiger charge is -2.16. The Balaban J connectivity index is 2.16. The van der Waals surface area contributed by atoms with E-state index in [9.17, 15) is 23.4 Å². The molecule has 0 spiro atoms. The van der Waals surface area contributed by atoms with E-state index < -0.39 is 27.9 Å². The fourth-order valence-corrected chi connectivity index (χ4v) is 3.82. The highest BCUT2D eigenvalue weighted by Crippen LogP contribution is 2.20. The van der Waals surface area contributed by atoms with E-state index in [1.165, 1.54) is 18.2 Å². The quantitative estimate of drug-likeness (QED) is 0.685. The number of nitrogens with one attached hydrogen (secondary N) is 1. The van der Waals surface area contributed by atoms with Crippen molar-refractivity contribution in [3.8, 4) is 5.75 Å². The number of aromatic hydroxyl groups is 1. The number of sulfone groups is 1. The summed E-state index contributed by atoms with van der Waals surface area (Å²) in [5.74, 6) is -1.11. The largest absolute Gasteiger partial charge is 0.508 e. The molecule has 19 heavy (non-hydrogen) atoms. The second-order valence-electron chi connectivity index (χ2n) is 4.67. The minimum absolute atomic E-state index is 0.00718. The summed E-state index contributed by atoms with van der Waals surface area (Å²) in [5.41, 5.74) is 0.673. The smallest absolute Gasteiger partial charge is 0.252 e. The Bertz CT molecular complexity index is 611. The summed E-state index contributed by atoms with van der Waals surface area (Å²) in [6.07, 6.45) is -1.09. The van der Waals surface area contributed by atoms with Gasteiger partial charge in [0.05, 0.1) is 23.7 Å². The van der Waals surface area contributed by atoms with Crippen LogP contribution in [0.3, 0.4) is 0 Å². The van der Waals surface area contributed by atoms with Gasteiger partial charge in [-0.25, -0.2) is 8.42 Å². The fraction of sp³-hybridized carbons (Fsp3) is 0.417. The summed E-state index contributed by atoms with van der Waals surface area (Å²) in [6.45, 7) is 1.59. The van der Waals surface area contributed by atoms with Crippen molar-refractivity contribution in [2.45, 2.75) is 19.1 Å². The monoisotopic (exact) mass is 285 g/mol. The van der Waals surface area contributed by atoms with Crippen LogP contribution in [0.5, 0.6) is 5.75 Å². The van der Waals surface area contributed by atoms with Gasteiger partial charge in [-0.2, -0.15) is 0 Å². The van der Waals surface area contributed by atoms with Crippen molar-refractivity contribution in [1.82, 2.24) is 5.32 Å². The van der Waals surface area contributed by atoms with Crippen LogP contribution in [-0.4, -0.2) is 48.2 Å². The normalized spacial score (nSPS) is 25.2. The Morgan fingerprint density at radius 1 is 1.37 bits per heavy atom. The number of aliphatic hydroxyl groups is 1. The molecule has 0 bridgehead atoms. The van der Waals surface area contributed by atoms with Crippen LogP contribution in [-0.2, 0) is 9.84 Å². The third kappa shape index (κ3) is 2.87. The van der Waals surface area contributed by atoms with Crippen molar-refractivity contribution in [2.24, 2.45) is 0 Å². The molecule has 3 N–H and O–H groups in total. The lowest BCUT2D eigenvalue weighted by atomic mass is 10.1. The first kappa shape index (κ1) is 13.8. The van der Waals surface area contributed by atoms with Crippen LogP contribution in [0.2, 0.25) is 0 Å². The Labute approximate surface area is 111 Å². The molecule has 1 aliphatic heterocycles. The van der Waals surface area contributed by atoms with Gasteiger partial charge in [0.1, 0.15) is 5.75 Å². The topological polar surface area (TPSA) is 104 Å². The van der Waals surface area contributed by atoms with E-state index in [0.717, 1.165) is 0 Å². The number of hydrogen-bond acceptors (Lipinski definition) is 5. The number of phenols is 1. The third-order valence-corrected chi connectivity index (χ3v) is 4.91. The molecule has 1 aromatic carbocycles. The number of aliphatic hydroxyl groups excluding tert-OH is 1. The highest BCUT2D eigenvalue weighted by Gasteiger charge is 2.37. The molecule has 0 aliphatic carbocycles. The molecule has 2 rings (SSSR count). The van der Waals surface area contributed by atoms with Gasteiger partial charge < -0.3 is 15.5 Å². The Hall–Kier alpha value is -1.60. The van der Waals surface area contributed by atoms with E-state index in [1.54, 1.807) is 6.92 Å². The Kier molecular flexibility index (Phi) is 3.51. The van der Waals surface area contributed by atoms with Gasteiger partial charge in [-0.15, -0.1) is 0 Å². The lowest BCUT2D eigenvalue weighted by Crippen LogP contribution is -2.42. The van der Waals surface area contributed by atoms with Crippen LogP contribution >= 0.6 is 0 Å². The summed E-state index contributed by atoms with van der Waals surface area (Å²) < 4.78 is 22.7. The minimum Gasteiger partial charge on any atom is -0.508 e. The number of carbonyl (C=O) groups is 1. The molecular formula is C12H15NO5S. The molecule has 1 fully saturated rings. The number of carbonyl (C=O) groups excluding carboxylic acids is 1. The zero-order valence-corrected chi connectivity index (χ0v) is 11.1. The highest BCUT2D eigenvalue weighted by molar-refractivity contribution is 7.91. The van der Waals surface area contributed by atoms with E-state index in [1.807, 2.05) is 0 Å². The molecule has 6 nitrogen and oxygen atoms in total. The second-order valence-corrected chi connectivity index (χ2v) is 6.83. The van der Waals surface area contributed by atoms with Crippen molar-refractivity contribution >= 4 is 15.7 Å². The molecule has 0 radical (unpaired) electrons. The van der Waals surface area contributed by atoms with Gasteiger partial charge >= 0.3 is 0 Å². The summed E-state index contributed by atoms with van der Waals surface area (Å²) in [6, 6.07) is 3.71. The van der Waals surface area contributed by atoms with E-state index in [0.29, 0.717) is 5.56 Å². The Morgan fingerprint density at radius 3 is 2.63 bits per heavy atom. The molecular weight excluding hydrogens is 270 g/mol. The molecule has 1 aliphatic rings. The maximum absolute atomic E-state index is 12.0. The molecule has 1 aromatic rings. The maximum atomic E-state index is 12.0. The SMILES string of the molecule is Cc1c(O)cccc1C(=O)N[C@@H]1CS(=O)(=O)C[C@H]1O. The molecule has 104 valence electrons. The molecule has 2 atom stereocenters. The number of hydrogen-bond donors (Lipinski definition) is 3. The van der Waals surface area contributed by atoms with Gasteiger partial charge in [0, 0.05) is 11.1 Å². The molecule has 0 saturated carbocycles. The van der Waals surface area contributed by atoms with Gasteiger partial charge in [-0.05, 0) is 19.1 Å². The standard InChI is InChI=1S/C12H15NO5S/c1-7-8(3-2-4-10(7)14)12(16)13-9-5-19(17,18)6-11(9)15/h2-4,9,11,14-15H,5-6H2,1H3,(H,13,16)/t9-,11-/m1/s1. The van der Waals surface area contributed by atoms with Gasteiger partial charge in [-0.1, -0.05) is 6.07 Å². The van der Waals surface area contributed by atoms with Crippen molar-refractivity contribution in [3.05, 3.63) is 29.3 Å². The summed E-state index contributed by atoms with van der Waals surface area (Å²) >= 11 is 0. The number of phenolic OH excluding ortho intramolecular Hbond substituents is 1. The highest BCUT2D eigenvalue weighted by atomic mass is 32.2. The molecule has 1 heterocycles. The van der Waals surface area contributed by atoms with E-state index in [4.69, 9.17) is 0 Å². The van der Waals surface area contributed by atoms with Gasteiger partial charge in [0.25, 0.3) is 5.91 Å². The minimum atomic E-state index is -3.30. The first-order valence-corrected chi connectivity index (χ1v) is 7.60. The number of amides is 1. The van der Waals surface area contributed by atoms with Crippen molar-refractivity contribution in [2.75, 3.05) is 11.5 Å². The summed E-state index contributed by atoms with van der Waals surface area (Å²) in [7, 11) is -3.30. The second kappa shape index (κ2) is 4.82. The predicted molar refractivity (Wildman–Crippen MR) is 68.8 cm³/mol. The summed E-state index contributed by atoms with van der Waals surface area (Å²) in [4.78, 5) is 12.0. The predicted octanol–water partition coefficient (Wildman–Crippen LogP) is -0.412. The molecule has 0 aromatic heterocycles. The van der Waals surface area contributed by atoms with Crippen LogP contribution in [0.4, 0.5) is 0 Å². The van der Waals surface area contributed by atoms with Crippen LogP contribution in [0, 0.1) is 6.92 Å². The van der Waals surface area contributed by atoms with Crippen molar-refractivity contribution in [1.29, 1.82) is 0 Å². The first-order valence-electron chi connectivity index (χ1n) is 5.78. The Morgan fingerprint density at radius 2 is 2.05 bits per heavy atom. The third-order valence-electron chi connectivity index (χ3n) is 3.19. The van der Waals surface area contributed by atoms with Gasteiger partial charge in [0.2, 0.25) is 0 Å². The van der Waals surface area contributed by atoms with Crippen LogP contribution in [0.15, 0.2) is 18.2 Å². The van der Waals surface area contributed by atoms with E-state index >= 15 is 0 Å². The zero-order valence-electron chi connectivity index (χ0n) is 10.3. The van der Waals surface area contributed by atoms with Crippen molar-refractivity contribution < 1.29 is 23.4 Å². The lowest BCUT2D eigenvalue weighted by molar-refractivity contribution is 0.0887. The molecule has 7 heteroatoms. The fourth-order valence-electron chi connectivity index (χ4n) is 2.08. The average Bonchev–Trinajstić information content (AvgIpc) is 2.55. The van der Waals surface area contributed by atoms with Gasteiger partial charge in [-0.3, -0.25) is 4.79 Å². The number of benzene rings is 1. The van der Waals surface area contributed by atoms with Crippen LogP contribution in [0.25, 0.3) is 0 Å². The first-order chi connectivity index (χ1) is 8.80. The molecule has 1 saturated heterocycles. The number of rotatable bonds is 2. The van der Waals surface area contributed by atoms with Crippen LogP contribution < -0.4 is 5.32 Å². The van der Waals surface area contributed by atoms with E-state index in [2.05, 4.69) is 5.32 Å². The average molecular weight is 285 g/mol. The van der Waals surface area contributed by atoms with Crippen molar-refractivity contribution in [3.63, 3.8) is 0 Å². The molecule has 1 amide bonds. The maximum Gasteiger partial charge on any atom is 0.252 e.